The average molecular weight is 302 g/mol. The lowest BCUT2D eigenvalue weighted by Crippen LogP contribution is -2.36. The minimum atomic E-state index is -1.20. The standard InChI is InChI=1S/C9H14N6O6/c1-5(17)11-8(19)7-12-9(15(20)21)13-14(7)4-6(18)10-2-3-16/h5,16-17H,2-4H2,1H3,(H,10,18)(H,11,19). The van der Waals surface area contributed by atoms with E-state index in [1.54, 1.807) is 0 Å². The van der Waals surface area contributed by atoms with Crippen molar-refractivity contribution in [2.45, 2.75) is 19.7 Å². The molecule has 0 spiro atoms. The van der Waals surface area contributed by atoms with E-state index in [1.807, 2.05) is 0 Å². The molecule has 0 aliphatic rings. The Morgan fingerprint density at radius 2 is 2.19 bits per heavy atom. The molecule has 1 rings (SSSR count). The molecule has 1 unspecified atom stereocenters. The maximum Gasteiger partial charge on any atom is 0.491 e. The Kier molecular flexibility index (Phi) is 5.68. The average Bonchev–Trinajstić information content (AvgIpc) is 2.79. The summed E-state index contributed by atoms with van der Waals surface area (Å²) in [5.41, 5.74) is 0. The number of carbonyl (C=O) groups is 2. The van der Waals surface area contributed by atoms with Crippen molar-refractivity contribution in [2.24, 2.45) is 0 Å². The molecule has 0 aliphatic carbocycles. The van der Waals surface area contributed by atoms with Gasteiger partial charge in [0.15, 0.2) is 0 Å². The number of hydrogen-bond acceptors (Lipinski definition) is 8. The van der Waals surface area contributed by atoms with E-state index >= 15 is 0 Å². The van der Waals surface area contributed by atoms with Crippen LogP contribution in [0.15, 0.2) is 0 Å². The lowest BCUT2D eigenvalue weighted by Gasteiger charge is -2.05. The van der Waals surface area contributed by atoms with E-state index in [1.165, 1.54) is 6.92 Å². The van der Waals surface area contributed by atoms with Crippen LogP contribution in [0.25, 0.3) is 0 Å². The molecule has 1 aromatic rings. The van der Waals surface area contributed by atoms with Gasteiger partial charge < -0.3 is 31.0 Å². The highest BCUT2D eigenvalue weighted by Gasteiger charge is 2.28. The Morgan fingerprint density at radius 3 is 2.71 bits per heavy atom. The summed E-state index contributed by atoms with van der Waals surface area (Å²) >= 11 is 0. The summed E-state index contributed by atoms with van der Waals surface area (Å²) in [6.45, 7) is 0.480. The normalized spacial score (nSPS) is 11.8. The predicted molar refractivity (Wildman–Crippen MR) is 65.9 cm³/mol. The molecule has 1 heterocycles. The van der Waals surface area contributed by atoms with Crippen molar-refractivity contribution in [2.75, 3.05) is 13.2 Å². The van der Waals surface area contributed by atoms with E-state index in [2.05, 4.69) is 20.7 Å². The number of aliphatic hydroxyl groups excluding tert-OH is 2. The maximum absolute atomic E-state index is 11.7. The van der Waals surface area contributed by atoms with Gasteiger partial charge in [0, 0.05) is 11.6 Å². The number of nitrogens with zero attached hydrogens (tertiary/aromatic N) is 4. The van der Waals surface area contributed by atoms with Crippen LogP contribution in [0.3, 0.4) is 0 Å². The molecule has 116 valence electrons. The fourth-order valence-electron chi connectivity index (χ4n) is 1.33. The van der Waals surface area contributed by atoms with Crippen LogP contribution >= 0.6 is 0 Å². The van der Waals surface area contributed by atoms with Gasteiger partial charge in [-0.05, 0) is 16.8 Å². The van der Waals surface area contributed by atoms with Crippen molar-refractivity contribution in [3.8, 4) is 0 Å². The Bertz CT molecular complexity index is 541. The number of carbonyl (C=O) groups excluding carboxylic acids is 2. The Balaban J connectivity index is 2.97. The van der Waals surface area contributed by atoms with Crippen LogP contribution in [0, 0.1) is 10.1 Å². The van der Waals surface area contributed by atoms with Gasteiger partial charge in [-0.25, -0.2) is 0 Å². The lowest BCUT2D eigenvalue weighted by atomic mass is 10.4. The van der Waals surface area contributed by atoms with Crippen molar-refractivity contribution in [3.05, 3.63) is 15.9 Å². The molecule has 0 radical (unpaired) electrons. The van der Waals surface area contributed by atoms with Crippen LogP contribution in [0.2, 0.25) is 0 Å². The molecule has 12 heteroatoms. The van der Waals surface area contributed by atoms with E-state index in [4.69, 9.17) is 10.2 Å². The van der Waals surface area contributed by atoms with Crippen LogP contribution in [-0.2, 0) is 11.3 Å². The number of aliphatic hydroxyl groups is 2. The first-order valence-corrected chi connectivity index (χ1v) is 5.81. The first-order valence-electron chi connectivity index (χ1n) is 5.81. The molecule has 0 aromatic carbocycles. The van der Waals surface area contributed by atoms with Gasteiger partial charge in [0.05, 0.1) is 6.61 Å². The second kappa shape index (κ2) is 7.25. The third-order valence-corrected chi connectivity index (χ3v) is 2.09. The summed E-state index contributed by atoms with van der Waals surface area (Å²) in [5, 5.41) is 36.0. The third kappa shape index (κ3) is 4.77. The highest BCUT2D eigenvalue weighted by molar-refractivity contribution is 5.91. The SMILES string of the molecule is CC(O)NC(=O)c1nc([N+](=O)[O-])nn1CC(=O)NCCO. The van der Waals surface area contributed by atoms with Gasteiger partial charge in [0.1, 0.15) is 12.8 Å². The first-order chi connectivity index (χ1) is 9.85. The zero-order chi connectivity index (χ0) is 16.0. The number of aromatic nitrogens is 3. The summed E-state index contributed by atoms with van der Waals surface area (Å²) in [5.74, 6) is -2.86. The zero-order valence-electron chi connectivity index (χ0n) is 11.0. The molecule has 2 amide bonds. The lowest BCUT2D eigenvalue weighted by molar-refractivity contribution is -0.394. The fourth-order valence-corrected chi connectivity index (χ4v) is 1.33. The molecule has 0 aliphatic heterocycles. The van der Waals surface area contributed by atoms with E-state index in [9.17, 15) is 19.7 Å². The molecule has 0 fully saturated rings. The number of hydrogen-bond donors (Lipinski definition) is 4. The Morgan fingerprint density at radius 1 is 1.52 bits per heavy atom. The minimum Gasteiger partial charge on any atom is -0.395 e. The zero-order valence-corrected chi connectivity index (χ0v) is 11.0. The quantitative estimate of drug-likeness (QED) is 0.240. The van der Waals surface area contributed by atoms with Crippen LogP contribution in [0.1, 0.15) is 17.5 Å². The highest BCUT2D eigenvalue weighted by atomic mass is 16.6. The van der Waals surface area contributed by atoms with Crippen molar-refractivity contribution >= 4 is 17.8 Å². The topological polar surface area (TPSA) is 173 Å². The van der Waals surface area contributed by atoms with Crippen molar-refractivity contribution in [1.82, 2.24) is 25.4 Å². The van der Waals surface area contributed by atoms with Crippen LogP contribution in [0.4, 0.5) is 5.95 Å². The largest absolute Gasteiger partial charge is 0.491 e. The van der Waals surface area contributed by atoms with Crippen molar-refractivity contribution < 1.29 is 24.7 Å². The van der Waals surface area contributed by atoms with Gasteiger partial charge in [0.2, 0.25) is 5.91 Å². The molecule has 21 heavy (non-hydrogen) atoms. The molecule has 0 saturated heterocycles. The van der Waals surface area contributed by atoms with Gasteiger partial charge in [0.25, 0.3) is 0 Å². The molecule has 1 aromatic heterocycles. The highest BCUT2D eigenvalue weighted by Crippen LogP contribution is 2.06. The number of amides is 2. The van der Waals surface area contributed by atoms with Crippen LogP contribution in [-0.4, -0.2) is 61.1 Å². The fraction of sp³-hybridized carbons (Fsp3) is 0.556. The Hall–Kier alpha value is -2.60. The number of nitrogens with one attached hydrogen (secondary N) is 2. The summed E-state index contributed by atoms with van der Waals surface area (Å²) in [7, 11) is 0. The van der Waals surface area contributed by atoms with Crippen molar-refractivity contribution in [3.63, 3.8) is 0 Å². The second-order valence-corrected chi connectivity index (χ2v) is 3.87. The molecule has 12 nitrogen and oxygen atoms in total. The van der Waals surface area contributed by atoms with Crippen molar-refractivity contribution in [1.29, 1.82) is 0 Å². The van der Waals surface area contributed by atoms with Crippen LogP contribution in [0.5, 0.6) is 0 Å². The molecule has 4 N–H and O–H groups in total. The summed E-state index contributed by atoms with van der Waals surface area (Å²) < 4.78 is 0.739. The minimum absolute atomic E-state index is 0.00910. The summed E-state index contributed by atoms with van der Waals surface area (Å²) in [6, 6.07) is 0. The number of rotatable bonds is 7. The van der Waals surface area contributed by atoms with Gasteiger partial charge in [-0.2, -0.15) is 4.68 Å². The monoisotopic (exact) mass is 302 g/mol. The third-order valence-electron chi connectivity index (χ3n) is 2.09. The maximum atomic E-state index is 11.7. The van der Waals surface area contributed by atoms with Gasteiger partial charge in [-0.1, -0.05) is 0 Å². The molecule has 0 saturated carbocycles. The Labute approximate surface area is 117 Å². The van der Waals surface area contributed by atoms with E-state index in [0.717, 1.165) is 4.68 Å². The molecular formula is C9H14N6O6. The second-order valence-electron chi connectivity index (χ2n) is 3.87. The van der Waals surface area contributed by atoms with E-state index in [0.29, 0.717) is 0 Å². The predicted octanol–water partition coefficient (Wildman–Crippen LogP) is -2.64. The van der Waals surface area contributed by atoms with E-state index in [-0.39, 0.29) is 13.2 Å². The van der Waals surface area contributed by atoms with Gasteiger partial charge >= 0.3 is 17.7 Å². The van der Waals surface area contributed by atoms with Gasteiger partial charge in [-0.3, -0.25) is 9.59 Å². The smallest absolute Gasteiger partial charge is 0.395 e. The first kappa shape index (κ1) is 16.5. The molecular weight excluding hydrogens is 288 g/mol. The van der Waals surface area contributed by atoms with Gasteiger partial charge in [-0.15, -0.1) is 0 Å². The van der Waals surface area contributed by atoms with Crippen LogP contribution < -0.4 is 10.6 Å². The summed E-state index contributed by atoms with van der Waals surface area (Å²) in [4.78, 5) is 36.3. The summed E-state index contributed by atoms with van der Waals surface area (Å²) in [6.07, 6.45) is -1.20. The molecule has 1 atom stereocenters. The molecule has 0 bridgehead atoms. The van der Waals surface area contributed by atoms with E-state index < -0.39 is 41.3 Å². The number of nitro groups is 1.